The van der Waals surface area contributed by atoms with E-state index in [2.05, 4.69) is 5.16 Å². The van der Waals surface area contributed by atoms with Crippen molar-refractivity contribution in [1.29, 1.82) is 0 Å². The first-order valence-corrected chi connectivity index (χ1v) is 9.78. The van der Waals surface area contributed by atoms with E-state index >= 15 is 4.39 Å². The summed E-state index contributed by atoms with van der Waals surface area (Å²) in [7, 11) is -4.46. The van der Waals surface area contributed by atoms with Crippen molar-refractivity contribution in [2.75, 3.05) is 18.0 Å². The van der Waals surface area contributed by atoms with Crippen LogP contribution in [-0.4, -0.2) is 31.7 Å². The summed E-state index contributed by atoms with van der Waals surface area (Å²) in [5, 5.41) is 1.20. The van der Waals surface area contributed by atoms with Gasteiger partial charge in [0, 0.05) is 25.1 Å². The van der Waals surface area contributed by atoms with Gasteiger partial charge < -0.3 is 9.42 Å². The van der Waals surface area contributed by atoms with Crippen molar-refractivity contribution >= 4 is 15.7 Å². The number of sulfone groups is 1. The van der Waals surface area contributed by atoms with Gasteiger partial charge in [0.25, 0.3) is 0 Å². The van der Waals surface area contributed by atoms with E-state index in [1.165, 1.54) is 6.26 Å². The topological polar surface area (TPSA) is 63.4 Å². The lowest BCUT2D eigenvalue weighted by atomic mass is 9.92. The second kappa shape index (κ2) is 6.81. The quantitative estimate of drug-likeness (QED) is 0.717. The number of hydrogen-bond donors (Lipinski definition) is 0. The Morgan fingerprint density at radius 2 is 1.67 bits per heavy atom. The summed E-state index contributed by atoms with van der Waals surface area (Å²) in [4.78, 5) is 1.40. The van der Waals surface area contributed by atoms with Crippen LogP contribution in [0.5, 0.6) is 0 Å². The fourth-order valence-corrected chi connectivity index (χ4v) is 4.90. The zero-order valence-electron chi connectivity index (χ0n) is 14.4. The summed E-state index contributed by atoms with van der Waals surface area (Å²) in [6.45, 7) is 1.79. The molecule has 0 N–H and O–H groups in total. The molecule has 1 aliphatic heterocycles. The van der Waals surface area contributed by atoms with Crippen LogP contribution in [0.4, 0.5) is 23.4 Å². The number of anilines is 1. The van der Waals surface area contributed by atoms with Crippen molar-refractivity contribution in [3.63, 3.8) is 0 Å². The molecule has 1 aliphatic rings. The minimum Gasteiger partial charge on any atom is -0.363 e. The van der Waals surface area contributed by atoms with Crippen molar-refractivity contribution in [1.82, 2.24) is 5.16 Å². The Morgan fingerprint density at radius 1 is 1.07 bits per heavy atom. The van der Waals surface area contributed by atoms with E-state index in [1.54, 1.807) is 6.07 Å². The average Bonchev–Trinajstić information content (AvgIpc) is 3.16. The first-order valence-electron chi connectivity index (χ1n) is 8.29. The van der Waals surface area contributed by atoms with E-state index in [4.69, 9.17) is 4.52 Å². The van der Waals surface area contributed by atoms with Gasteiger partial charge in [0.2, 0.25) is 14.8 Å². The van der Waals surface area contributed by atoms with Crippen LogP contribution in [0.3, 0.4) is 0 Å². The van der Waals surface area contributed by atoms with Gasteiger partial charge in [-0.3, -0.25) is 0 Å². The maximum absolute atomic E-state index is 15.4. The van der Waals surface area contributed by atoms with Gasteiger partial charge in [-0.2, -0.15) is 13.2 Å². The first-order chi connectivity index (χ1) is 12.5. The Bertz CT molecular complexity index is 870. The summed E-state index contributed by atoms with van der Waals surface area (Å²) in [5.74, 6) is -0.187. The zero-order chi connectivity index (χ0) is 19.9. The molecule has 2 heterocycles. The Morgan fingerprint density at radius 3 is 2.15 bits per heavy atom. The third kappa shape index (κ3) is 3.67. The third-order valence-electron chi connectivity index (χ3n) is 4.99. The van der Waals surface area contributed by atoms with Gasteiger partial charge in [0.05, 0.1) is 10.5 Å². The van der Waals surface area contributed by atoms with Crippen molar-refractivity contribution in [2.45, 2.75) is 35.8 Å². The fourth-order valence-electron chi connectivity index (χ4n) is 3.27. The summed E-state index contributed by atoms with van der Waals surface area (Å²) in [5.41, 5.74) is -0.983. The van der Waals surface area contributed by atoms with E-state index in [9.17, 15) is 21.6 Å². The van der Waals surface area contributed by atoms with Crippen LogP contribution in [0.2, 0.25) is 0 Å². The second-order valence-electron chi connectivity index (χ2n) is 6.63. The standard InChI is InChI=1S/C17H18F4N2O3S/c1-16(18,12-6-9-23(10-7-12)15-8-11-26-22-15)27(24,25)14-4-2-13(3-5-14)17(19,20)21/h2-5,8,11-12H,6-7,9-10H2,1H3. The van der Waals surface area contributed by atoms with Gasteiger partial charge in [0.15, 0.2) is 5.82 Å². The number of benzene rings is 1. The predicted molar refractivity (Wildman–Crippen MR) is 89.6 cm³/mol. The van der Waals surface area contributed by atoms with E-state index in [-0.39, 0.29) is 12.8 Å². The van der Waals surface area contributed by atoms with Crippen molar-refractivity contribution in [2.24, 2.45) is 5.92 Å². The summed E-state index contributed by atoms with van der Waals surface area (Å²) in [6, 6.07) is 4.57. The second-order valence-corrected chi connectivity index (χ2v) is 8.91. The molecule has 0 bridgehead atoms. The number of halogens is 4. The third-order valence-corrected chi connectivity index (χ3v) is 7.27. The summed E-state index contributed by atoms with van der Waals surface area (Å²) in [6.07, 6.45) is -2.65. The van der Waals surface area contributed by atoms with Crippen molar-refractivity contribution in [3.8, 4) is 0 Å². The number of hydrogen-bond acceptors (Lipinski definition) is 5. The molecule has 5 nitrogen and oxygen atoms in total. The van der Waals surface area contributed by atoms with Crippen LogP contribution in [0.1, 0.15) is 25.3 Å². The van der Waals surface area contributed by atoms with E-state index in [0.29, 0.717) is 31.0 Å². The van der Waals surface area contributed by atoms with Gasteiger partial charge >= 0.3 is 6.18 Å². The minimum atomic E-state index is -4.59. The molecule has 0 radical (unpaired) electrons. The predicted octanol–water partition coefficient (Wildman–Crippen LogP) is 4.07. The molecule has 1 fully saturated rings. The normalized spacial score (nSPS) is 19.1. The highest BCUT2D eigenvalue weighted by atomic mass is 32.2. The molecule has 1 saturated heterocycles. The fraction of sp³-hybridized carbons (Fsp3) is 0.471. The maximum atomic E-state index is 15.4. The smallest absolute Gasteiger partial charge is 0.363 e. The molecule has 2 aromatic rings. The van der Waals surface area contributed by atoms with Crippen molar-refractivity contribution < 1.29 is 30.5 Å². The van der Waals surface area contributed by atoms with Crippen LogP contribution in [-0.2, 0) is 16.0 Å². The lowest BCUT2D eigenvalue weighted by molar-refractivity contribution is -0.137. The lowest BCUT2D eigenvalue weighted by Crippen LogP contribution is -2.45. The molecule has 10 heteroatoms. The number of rotatable bonds is 4. The van der Waals surface area contributed by atoms with Crippen LogP contribution in [0, 0.1) is 5.92 Å². The SMILES string of the molecule is CC(F)(C1CCN(c2ccon2)CC1)S(=O)(=O)c1ccc(C(F)(F)F)cc1. The molecule has 3 rings (SSSR count). The van der Waals surface area contributed by atoms with Crippen molar-refractivity contribution in [3.05, 3.63) is 42.2 Å². The Balaban J connectivity index is 1.77. The average molecular weight is 406 g/mol. The summed E-state index contributed by atoms with van der Waals surface area (Å²) >= 11 is 0. The van der Waals surface area contributed by atoms with Crippen LogP contribution in [0.25, 0.3) is 0 Å². The number of piperidine rings is 1. The molecular weight excluding hydrogens is 388 g/mol. The molecule has 148 valence electrons. The molecule has 0 saturated carbocycles. The lowest BCUT2D eigenvalue weighted by Gasteiger charge is -2.37. The van der Waals surface area contributed by atoms with E-state index in [1.807, 2.05) is 4.90 Å². The van der Waals surface area contributed by atoms with Gasteiger partial charge in [-0.15, -0.1) is 0 Å². The maximum Gasteiger partial charge on any atom is 0.416 e. The molecule has 1 aromatic heterocycles. The molecular formula is C17H18F4N2O3S. The molecule has 0 spiro atoms. The molecule has 1 unspecified atom stereocenters. The van der Waals surface area contributed by atoms with Gasteiger partial charge in [0.1, 0.15) is 6.26 Å². The highest BCUT2D eigenvalue weighted by Gasteiger charge is 2.48. The van der Waals surface area contributed by atoms with Crippen LogP contribution >= 0.6 is 0 Å². The largest absolute Gasteiger partial charge is 0.416 e. The van der Waals surface area contributed by atoms with E-state index in [0.717, 1.165) is 19.1 Å². The molecule has 1 aromatic carbocycles. The van der Waals surface area contributed by atoms with Crippen LogP contribution in [0.15, 0.2) is 46.0 Å². The Hall–Kier alpha value is -2.10. The minimum absolute atomic E-state index is 0.264. The monoisotopic (exact) mass is 406 g/mol. The van der Waals surface area contributed by atoms with Gasteiger partial charge in [-0.25, -0.2) is 12.8 Å². The Labute approximate surface area is 153 Å². The molecule has 1 atom stereocenters. The number of alkyl halides is 4. The molecule has 0 amide bonds. The van der Waals surface area contributed by atoms with Gasteiger partial charge in [-0.1, -0.05) is 5.16 Å². The van der Waals surface area contributed by atoms with Crippen LogP contribution < -0.4 is 4.90 Å². The zero-order valence-corrected chi connectivity index (χ0v) is 15.2. The highest BCUT2D eigenvalue weighted by Crippen LogP contribution is 2.40. The molecule has 27 heavy (non-hydrogen) atoms. The van der Waals surface area contributed by atoms with E-state index < -0.39 is 37.4 Å². The first kappa shape index (κ1) is 19.7. The number of nitrogens with zero attached hydrogens (tertiary/aromatic N) is 2. The Kier molecular flexibility index (Phi) is 4.96. The van der Waals surface area contributed by atoms with Gasteiger partial charge in [-0.05, 0) is 44.0 Å². The molecule has 0 aliphatic carbocycles. The highest BCUT2D eigenvalue weighted by molar-refractivity contribution is 7.92. The summed E-state index contributed by atoms with van der Waals surface area (Å²) < 4.78 is 83.6. The number of aromatic nitrogens is 1.